The van der Waals surface area contributed by atoms with Crippen LogP contribution in [0.15, 0.2) is 83.7 Å². The number of H-pyrrole nitrogens is 1. The van der Waals surface area contributed by atoms with Crippen molar-refractivity contribution in [2.24, 2.45) is 0 Å². The molecule has 2 aromatic heterocycles. The van der Waals surface area contributed by atoms with Crippen LogP contribution in [0.5, 0.6) is 0 Å². The summed E-state index contributed by atoms with van der Waals surface area (Å²) in [7, 11) is 0. The summed E-state index contributed by atoms with van der Waals surface area (Å²) in [6.07, 6.45) is 0. The number of anilines is 1. The molecule has 0 fully saturated rings. The van der Waals surface area contributed by atoms with Gasteiger partial charge in [-0.3, -0.25) is 9.59 Å². The Morgan fingerprint density at radius 2 is 1.52 bits per heavy atom. The molecule has 4 aromatic rings. The Morgan fingerprint density at radius 1 is 0.862 bits per heavy atom. The molecule has 0 radical (unpaired) electrons. The van der Waals surface area contributed by atoms with Gasteiger partial charge >= 0.3 is 0 Å². The molecule has 2 heterocycles. The molecule has 4 rings (SSSR count). The number of benzene rings is 2. The van der Waals surface area contributed by atoms with E-state index in [0.29, 0.717) is 17.1 Å². The SMILES string of the molecule is Cc1cccc(NC(=O)c2c(-c3ccccc3)c(-c3ccccc3)n[nH]c2=O)n1. The van der Waals surface area contributed by atoms with Crippen molar-refractivity contribution in [1.29, 1.82) is 0 Å². The molecule has 0 unspecified atom stereocenters. The highest BCUT2D eigenvalue weighted by Crippen LogP contribution is 2.31. The Labute approximate surface area is 167 Å². The number of carbonyl (C=O) groups is 1. The summed E-state index contributed by atoms with van der Waals surface area (Å²) in [5, 5.41) is 9.46. The average Bonchev–Trinajstić information content (AvgIpc) is 2.74. The minimum absolute atomic E-state index is 0.00615. The fourth-order valence-corrected chi connectivity index (χ4v) is 3.15. The van der Waals surface area contributed by atoms with E-state index in [9.17, 15) is 9.59 Å². The first kappa shape index (κ1) is 18.3. The molecule has 0 aliphatic carbocycles. The normalized spacial score (nSPS) is 10.5. The lowest BCUT2D eigenvalue weighted by molar-refractivity contribution is 0.102. The van der Waals surface area contributed by atoms with Gasteiger partial charge in [-0.05, 0) is 24.6 Å². The van der Waals surface area contributed by atoms with Crippen molar-refractivity contribution >= 4 is 11.7 Å². The van der Waals surface area contributed by atoms with E-state index in [2.05, 4.69) is 20.5 Å². The number of aromatic amines is 1. The summed E-state index contributed by atoms with van der Waals surface area (Å²) < 4.78 is 0. The highest BCUT2D eigenvalue weighted by atomic mass is 16.2. The van der Waals surface area contributed by atoms with Crippen molar-refractivity contribution in [1.82, 2.24) is 15.2 Å². The first-order valence-electron chi connectivity index (χ1n) is 9.12. The van der Waals surface area contributed by atoms with Gasteiger partial charge in [-0.25, -0.2) is 10.1 Å². The molecule has 0 atom stereocenters. The molecule has 0 saturated carbocycles. The Kier molecular flexibility index (Phi) is 4.99. The third-order valence-electron chi connectivity index (χ3n) is 4.45. The molecule has 0 saturated heterocycles. The zero-order valence-electron chi connectivity index (χ0n) is 15.7. The molecule has 2 N–H and O–H groups in total. The minimum Gasteiger partial charge on any atom is -0.306 e. The lowest BCUT2D eigenvalue weighted by Gasteiger charge is -2.13. The first-order valence-corrected chi connectivity index (χ1v) is 9.12. The van der Waals surface area contributed by atoms with Gasteiger partial charge in [0.25, 0.3) is 11.5 Å². The van der Waals surface area contributed by atoms with Crippen LogP contribution in [0.4, 0.5) is 5.82 Å². The smallest absolute Gasteiger partial charge is 0.277 e. The number of pyridine rings is 1. The Balaban J connectivity index is 1.91. The molecule has 6 nitrogen and oxygen atoms in total. The van der Waals surface area contributed by atoms with E-state index in [0.717, 1.165) is 16.8 Å². The molecule has 0 bridgehead atoms. The van der Waals surface area contributed by atoms with E-state index < -0.39 is 11.5 Å². The highest BCUT2D eigenvalue weighted by molar-refractivity contribution is 6.10. The summed E-state index contributed by atoms with van der Waals surface area (Å²) in [5.74, 6) is -0.158. The topological polar surface area (TPSA) is 87.7 Å². The number of rotatable bonds is 4. The molecule has 29 heavy (non-hydrogen) atoms. The van der Waals surface area contributed by atoms with Crippen LogP contribution in [-0.2, 0) is 0 Å². The van der Waals surface area contributed by atoms with E-state index in [1.807, 2.05) is 73.7 Å². The molecule has 1 amide bonds. The quantitative estimate of drug-likeness (QED) is 0.557. The van der Waals surface area contributed by atoms with Gasteiger partial charge in [0.1, 0.15) is 11.4 Å². The monoisotopic (exact) mass is 382 g/mol. The summed E-state index contributed by atoms with van der Waals surface area (Å²) in [6.45, 7) is 1.83. The predicted molar refractivity (Wildman–Crippen MR) is 113 cm³/mol. The molecular formula is C23H18N4O2. The number of nitrogens with one attached hydrogen (secondary N) is 2. The van der Waals surface area contributed by atoms with Crippen molar-refractivity contribution in [2.45, 2.75) is 6.92 Å². The molecular weight excluding hydrogens is 364 g/mol. The number of carbonyl (C=O) groups excluding carboxylic acids is 1. The third kappa shape index (κ3) is 3.82. The van der Waals surface area contributed by atoms with Gasteiger partial charge < -0.3 is 5.32 Å². The van der Waals surface area contributed by atoms with Crippen LogP contribution in [0.25, 0.3) is 22.4 Å². The van der Waals surface area contributed by atoms with Gasteiger partial charge in [-0.2, -0.15) is 5.10 Å². The maximum absolute atomic E-state index is 13.1. The molecule has 0 aliphatic rings. The van der Waals surface area contributed by atoms with E-state index in [1.165, 1.54) is 0 Å². The Morgan fingerprint density at radius 3 is 2.17 bits per heavy atom. The van der Waals surface area contributed by atoms with Gasteiger partial charge in [0, 0.05) is 16.8 Å². The second kappa shape index (κ2) is 7.90. The van der Waals surface area contributed by atoms with E-state index in [1.54, 1.807) is 12.1 Å². The molecule has 6 heteroatoms. The molecule has 0 spiro atoms. The first-order chi connectivity index (χ1) is 14.1. The zero-order chi connectivity index (χ0) is 20.2. The lowest BCUT2D eigenvalue weighted by atomic mass is 9.95. The fourth-order valence-electron chi connectivity index (χ4n) is 3.15. The fraction of sp³-hybridized carbons (Fsp3) is 0.0435. The Hall–Kier alpha value is -4.06. The summed E-state index contributed by atoms with van der Waals surface area (Å²) >= 11 is 0. The van der Waals surface area contributed by atoms with Crippen molar-refractivity contribution in [2.75, 3.05) is 5.32 Å². The number of hydrogen-bond acceptors (Lipinski definition) is 4. The van der Waals surface area contributed by atoms with Gasteiger partial charge in [-0.1, -0.05) is 66.7 Å². The van der Waals surface area contributed by atoms with Crippen molar-refractivity contribution in [3.63, 3.8) is 0 Å². The maximum atomic E-state index is 13.1. The highest BCUT2D eigenvalue weighted by Gasteiger charge is 2.23. The maximum Gasteiger partial charge on any atom is 0.277 e. The van der Waals surface area contributed by atoms with Crippen LogP contribution in [0.2, 0.25) is 0 Å². The van der Waals surface area contributed by atoms with Crippen LogP contribution in [0, 0.1) is 6.92 Å². The predicted octanol–water partition coefficient (Wildman–Crippen LogP) is 4.06. The van der Waals surface area contributed by atoms with Crippen LogP contribution in [-0.4, -0.2) is 21.1 Å². The van der Waals surface area contributed by atoms with Gasteiger partial charge in [0.2, 0.25) is 0 Å². The number of hydrogen-bond donors (Lipinski definition) is 2. The average molecular weight is 382 g/mol. The van der Waals surface area contributed by atoms with E-state index in [4.69, 9.17) is 0 Å². The number of amides is 1. The van der Waals surface area contributed by atoms with E-state index in [-0.39, 0.29) is 5.56 Å². The van der Waals surface area contributed by atoms with E-state index >= 15 is 0 Å². The summed E-state index contributed by atoms with van der Waals surface area (Å²) in [6, 6.07) is 24.0. The molecule has 2 aromatic carbocycles. The third-order valence-corrected chi connectivity index (χ3v) is 4.45. The van der Waals surface area contributed by atoms with Gasteiger partial charge in [0.15, 0.2) is 0 Å². The molecule has 0 aliphatic heterocycles. The lowest BCUT2D eigenvalue weighted by Crippen LogP contribution is -2.26. The Bertz CT molecular complexity index is 1220. The van der Waals surface area contributed by atoms with Crippen molar-refractivity contribution in [3.05, 3.63) is 100 Å². The second-order valence-electron chi connectivity index (χ2n) is 6.50. The van der Waals surface area contributed by atoms with Crippen molar-refractivity contribution < 1.29 is 4.79 Å². The number of nitrogens with zero attached hydrogens (tertiary/aromatic N) is 2. The minimum atomic E-state index is -0.561. The van der Waals surface area contributed by atoms with Gasteiger partial charge in [-0.15, -0.1) is 0 Å². The van der Waals surface area contributed by atoms with Crippen LogP contribution in [0.1, 0.15) is 16.1 Å². The second-order valence-corrected chi connectivity index (χ2v) is 6.50. The standard InChI is InChI=1S/C23H18N4O2/c1-15-9-8-14-18(24-15)25-22(28)20-19(16-10-4-2-5-11-16)21(26-27-23(20)29)17-12-6-3-7-13-17/h2-14H,1H3,(H,27,29)(H,24,25,28). The summed E-state index contributed by atoms with van der Waals surface area (Å²) in [4.78, 5) is 30.1. The zero-order valence-corrected chi connectivity index (χ0v) is 15.7. The van der Waals surface area contributed by atoms with Crippen LogP contribution in [0.3, 0.4) is 0 Å². The van der Waals surface area contributed by atoms with Crippen molar-refractivity contribution in [3.8, 4) is 22.4 Å². The molecule has 142 valence electrons. The van der Waals surface area contributed by atoms with Gasteiger partial charge in [0.05, 0.1) is 5.69 Å². The van der Waals surface area contributed by atoms with Crippen LogP contribution >= 0.6 is 0 Å². The van der Waals surface area contributed by atoms with Crippen LogP contribution < -0.4 is 10.9 Å². The number of aromatic nitrogens is 3. The summed E-state index contributed by atoms with van der Waals surface area (Å²) in [5.41, 5.74) is 2.73. The number of aryl methyl sites for hydroxylation is 1. The largest absolute Gasteiger partial charge is 0.306 e.